The minimum Gasteiger partial charge on any atom is -0.497 e. The molecule has 0 aromatic heterocycles. The van der Waals surface area contributed by atoms with Crippen molar-refractivity contribution in [2.75, 3.05) is 40.8 Å². The number of rotatable bonds is 4. The number of aryl methyl sites for hydroxylation is 1. The van der Waals surface area contributed by atoms with Gasteiger partial charge in [-0.25, -0.2) is 0 Å². The first-order valence-corrected chi connectivity index (χ1v) is 7.46. The van der Waals surface area contributed by atoms with Gasteiger partial charge in [0.15, 0.2) is 5.96 Å². The summed E-state index contributed by atoms with van der Waals surface area (Å²) in [5.41, 5.74) is 8.84. The lowest BCUT2D eigenvalue weighted by Crippen LogP contribution is -2.50. The Labute approximate surface area is 126 Å². The third-order valence-electron chi connectivity index (χ3n) is 4.69. The zero-order valence-electron chi connectivity index (χ0n) is 13.1. The summed E-state index contributed by atoms with van der Waals surface area (Å²) in [5.74, 6) is 1.58. The molecule has 1 heterocycles. The van der Waals surface area contributed by atoms with Gasteiger partial charge in [0.1, 0.15) is 5.75 Å². The van der Waals surface area contributed by atoms with E-state index in [1.54, 1.807) is 7.11 Å². The van der Waals surface area contributed by atoms with Crippen LogP contribution in [0.25, 0.3) is 0 Å². The highest BCUT2D eigenvalue weighted by molar-refractivity contribution is 5.82. The maximum atomic E-state index is 6.17. The lowest BCUT2D eigenvalue weighted by atomic mass is 9.90. The van der Waals surface area contributed by atoms with Crippen LogP contribution in [0, 0.1) is 0 Å². The lowest BCUT2D eigenvalue weighted by Gasteiger charge is -2.37. The second-order valence-corrected chi connectivity index (χ2v) is 6.18. The van der Waals surface area contributed by atoms with E-state index in [9.17, 15) is 0 Å². The molecule has 2 aliphatic rings. The predicted octanol–water partition coefficient (Wildman–Crippen LogP) is 1.03. The largest absolute Gasteiger partial charge is 0.497 e. The van der Waals surface area contributed by atoms with Crippen molar-refractivity contribution in [1.29, 1.82) is 0 Å². The van der Waals surface area contributed by atoms with E-state index in [4.69, 9.17) is 10.5 Å². The maximum Gasteiger partial charge on any atom is 0.192 e. The highest BCUT2D eigenvalue weighted by Gasteiger charge is 2.47. The Bertz CT molecular complexity index is 569. The smallest absolute Gasteiger partial charge is 0.192 e. The molecule has 1 atom stereocenters. The number of hydrogen-bond donors (Lipinski definition) is 1. The van der Waals surface area contributed by atoms with Crippen molar-refractivity contribution in [3.63, 3.8) is 0 Å². The minimum atomic E-state index is -0.0655. The molecule has 5 heteroatoms. The topological polar surface area (TPSA) is 54.1 Å². The number of ether oxygens (including phenoxy) is 1. The van der Waals surface area contributed by atoms with Gasteiger partial charge in [0.05, 0.1) is 19.2 Å². The van der Waals surface area contributed by atoms with Gasteiger partial charge in [0, 0.05) is 13.1 Å². The molecule has 0 fully saturated rings. The van der Waals surface area contributed by atoms with E-state index < -0.39 is 0 Å². The number of likely N-dealkylation sites (N-methyl/N-ethyl adjacent to an activating group) is 1. The van der Waals surface area contributed by atoms with Gasteiger partial charge in [0.2, 0.25) is 0 Å². The van der Waals surface area contributed by atoms with Gasteiger partial charge in [-0.05, 0) is 50.2 Å². The molecule has 1 unspecified atom stereocenters. The molecule has 2 N–H and O–H groups in total. The summed E-state index contributed by atoms with van der Waals surface area (Å²) >= 11 is 0. The van der Waals surface area contributed by atoms with Crippen LogP contribution in [0.3, 0.4) is 0 Å². The molecule has 1 aromatic carbocycles. The number of guanidine groups is 1. The van der Waals surface area contributed by atoms with Gasteiger partial charge in [-0.1, -0.05) is 6.07 Å². The van der Waals surface area contributed by atoms with Crippen LogP contribution in [0.2, 0.25) is 0 Å². The fourth-order valence-corrected chi connectivity index (χ4v) is 3.48. The van der Waals surface area contributed by atoms with E-state index in [1.807, 2.05) is 6.07 Å². The van der Waals surface area contributed by atoms with Gasteiger partial charge in [-0.15, -0.1) is 0 Å². The number of benzene rings is 1. The molecule has 0 radical (unpaired) electrons. The van der Waals surface area contributed by atoms with E-state index in [-0.39, 0.29) is 5.54 Å². The zero-order chi connectivity index (χ0) is 15.0. The summed E-state index contributed by atoms with van der Waals surface area (Å²) in [5, 5.41) is 0. The molecule has 0 bridgehead atoms. The van der Waals surface area contributed by atoms with Gasteiger partial charge in [-0.2, -0.15) is 0 Å². The van der Waals surface area contributed by atoms with Gasteiger partial charge in [-0.3, -0.25) is 4.99 Å². The molecule has 21 heavy (non-hydrogen) atoms. The molecule has 1 spiro atoms. The Morgan fingerprint density at radius 2 is 2.24 bits per heavy atom. The van der Waals surface area contributed by atoms with Crippen molar-refractivity contribution < 1.29 is 4.74 Å². The van der Waals surface area contributed by atoms with Crippen LogP contribution in [0.1, 0.15) is 17.5 Å². The first kappa shape index (κ1) is 14.2. The summed E-state index contributed by atoms with van der Waals surface area (Å²) in [6.45, 7) is 2.63. The molecule has 0 saturated heterocycles. The Morgan fingerprint density at radius 1 is 1.43 bits per heavy atom. The van der Waals surface area contributed by atoms with Crippen LogP contribution < -0.4 is 10.5 Å². The summed E-state index contributed by atoms with van der Waals surface area (Å²) in [6.07, 6.45) is 2.16. The molecule has 3 rings (SSSR count). The van der Waals surface area contributed by atoms with Crippen molar-refractivity contribution in [1.82, 2.24) is 9.80 Å². The Kier molecular flexibility index (Phi) is 3.53. The van der Waals surface area contributed by atoms with Crippen molar-refractivity contribution >= 4 is 5.96 Å². The monoisotopic (exact) mass is 288 g/mol. The quantitative estimate of drug-likeness (QED) is 0.899. The summed E-state index contributed by atoms with van der Waals surface area (Å²) in [7, 11) is 5.88. The SMILES string of the molecule is COc1ccc2c(c1)C1(CC2)CN=C(N)N1CCN(C)C. The second-order valence-electron chi connectivity index (χ2n) is 6.18. The number of aliphatic imine (C=N–C) groups is 1. The third kappa shape index (κ3) is 2.25. The molecule has 1 aromatic rings. The van der Waals surface area contributed by atoms with Gasteiger partial charge >= 0.3 is 0 Å². The van der Waals surface area contributed by atoms with Crippen molar-refractivity contribution in [3.05, 3.63) is 29.3 Å². The highest BCUT2D eigenvalue weighted by atomic mass is 16.5. The van der Waals surface area contributed by atoms with Crippen LogP contribution in [-0.4, -0.2) is 56.6 Å². The zero-order valence-corrected chi connectivity index (χ0v) is 13.1. The molecule has 0 saturated carbocycles. The van der Waals surface area contributed by atoms with Crippen LogP contribution in [-0.2, 0) is 12.0 Å². The number of nitrogens with two attached hydrogens (primary N) is 1. The van der Waals surface area contributed by atoms with Gasteiger partial charge in [0.25, 0.3) is 0 Å². The highest BCUT2D eigenvalue weighted by Crippen LogP contribution is 2.45. The van der Waals surface area contributed by atoms with Crippen molar-refractivity contribution in [2.45, 2.75) is 18.4 Å². The molecular weight excluding hydrogens is 264 g/mol. The fraction of sp³-hybridized carbons (Fsp3) is 0.562. The number of nitrogens with zero attached hydrogens (tertiary/aromatic N) is 3. The average molecular weight is 288 g/mol. The van der Waals surface area contributed by atoms with Crippen molar-refractivity contribution in [2.24, 2.45) is 10.7 Å². The Balaban J connectivity index is 1.95. The van der Waals surface area contributed by atoms with Crippen LogP contribution in [0.4, 0.5) is 0 Å². The van der Waals surface area contributed by atoms with E-state index >= 15 is 0 Å². The van der Waals surface area contributed by atoms with Crippen LogP contribution in [0.15, 0.2) is 23.2 Å². The van der Waals surface area contributed by atoms with Gasteiger partial charge < -0.3 is 20.3 Å². The predicted molar refractivity (Wildman–Crippen MR) is 84.7 cm³/mol. The van der Waals surface area contributed by atoms with Crippen molar-refractivity contribution in [3.8, 4) is 5.75 Å². The Hall–Kier alpha value is -1.75. The maximum absolute atomic E-state index is 6.17. The molecule has 114 valence electrons. The third-order valence-corrected chi connectivity index (χ3v) is 4.69. The summed E-state index contributed by atoms with van der Waals surface area (Å²) < 4.78 is 5.41. The number of methoxy groups -OCH3 is 1. The number of hydrogen-bond acceptors (Lipinski definition) is 5. The number of fused-ring (bicyclic) bond motifs is 2. The molecule has 1 aliphatic heterocycles. The second kappa shape index (κ2) is 5.22. The minimum absolute atomic E-state index is 0.0655. The fourth-order valence-electron chi connectivity index (χ4n) is 3.48. The van der Waals surface area contributed by atoms with Crippen LogP contribution >= 0.6 is 0 Å². The molecule has 1 aliphatic carbocycles. The first-order chi connectivity index (χ1) is 10.1. The summed E-state index contributed by atoms with van der Waals surface area (Å²) in [6, 6.07) is 6.39. The standard InChI is InChI=1S/C16H24N4O/c1-19(2)8-9-20-15(17)18-11-16(20)7-6-12-4-5-13(21-3)10-14(12)16/h4-5,10H,6-9,11H2,1-3H3,(H2,17,18). The van der Waals surface area contributed by atoms with E-state index in [2.05, 4.69) is 41.0 Å². The lowest BCUT2D eigenvalue weighted by molar-refractivity contribution is 0.185. The normalized spacial score (nSPS) is 23.8. The molecular formula is C16H24N4O. The van der Waals surface area contributed by atoms with E-state index in [1.165, 1.54) is 11.1 Å². The Morgan fingerprint density at radius 3 is 2.95 bits per heavy atom. The first-order valence-electron chi connectivity index (χ1n) is 7.46. The van der Waals surface area contributed by atoms with E-state index in [0.29, 0.717) is 5.96 Å². The van der Waals surface area contributed by atoms with E-state index in [0.717, 1.165) is 38.2 Å². The van der Waals surface area contributed by atoms with Crippen LogP contribution in [0.5, 0.6) is 5.75 Å². The molecule has 0 amide bonds. The average Bonchev–Trinajstić information content (AvgIpc) is 2.99. The summed E-state index contributed by atoms with van der Waals surface area (Å²) in [4.78, 5) is 9.02. The molecule has 5 nitrogen and oxygen atoms in total.